The van der Waals surface area contributed by atoms with Crippen LogP contribution >= 0.6 is 35.6 Å². The monoisotopic (exact) mass is 405 g/mol. The molecule has 1 aromatic carbocycles. The first-order chi connectivity index (χ1) is 11.6. The van der Waals surface area contributed by atoms with Gasteiger partial charge >= 0.3 is 0 Å². The van der Waals surface area contributed by atoms with Crippen molar-refractivity contribution in [2.75, 3.05) is 19.6 Å². The van der Waals surface area contributed by atoms with E-state index in [1.807, 2.05) is 6.92 Å². The lowest BCUT2D eigenvalue weighted by molar-refractivity contribution is 0.0645. The molecule has 1 aromatic heterocycles. The van der Waals surface area contributed by atoms with E-state index in [0.29, 0.717) is 28.1 Å². The molecular formula is C16H18Cl3N3O3. The number of halogens is 3. The van der Waals surface area contributed by atoms with Crippen LogP contribution in [0, 0.1) is 0 Å². The Morgan fingerprint density at radius 2 is 2.16 bits per heavy atom. The van der Waals surface area contributed by atoms with Crippen LogP contribution in [0.2, 0.25) is 10.0 Å². The molecule has 2 aromatic rings. The molecule has 1 N–H and O–H groups in total. The number of para-hydroxylation sites is 1. The summed E-state index contributed by atoms with van der Waals surface area (Å²) < 4.78 is 10.8. The Morgan fingerprint density at radius 1 is 1.44 bits per heavy atom. The quantitative estimate of drug-likeness (QED) is 0.843. The minimum absolute atomic E-state index is 0. The summed E-state index contributed by atoms with van der Waals surface area (Å²) in [6.07, 6.45) is 0. The number of hydrogen-bond acceptors (Lipinski definition) is 5. The summed E-state index contributed by atoms with van der Waals surface area (Å²) in [6.45, 7) is 4.27. The Morgan fingerprint density at radius 3 is 2.84 bits per heavy atom. The second kappa shape index (κ2) is 8.76. The third-order valence-corrected chi connectivity index (χ3v) is 4.41. The summed E-state index contributed by atoms with van der Waals surface area (Å²) in [6, 6.07) is 6.80. The summed E-state index contributed by atoms with van der Waals surface area (Å²) >= 11 is 12.1. The number of carbonyl (C=O) groups excluding carboxylic acids is 1. The van der Waals surface area contributed by atoms with Gasteiger partial charge in [-0.05, 0) is 19.1 Å². The summed E-state index contributed by atoms with van der Waals surface area (Å²) in [7, 11) is 0. The van der Waals surface area contributed by atoms with Crippen LogP contribution in [0.25, 0.3) is 0 Å². The fourth-order valence-electron chi connectivity index (χ4n) is 2.54. The highest BCUT2D eigenvalue weighted by atomic mass is 35.5. The molecule has 0 bridgehead atoms. The number of hydrogen-bond donors (Lipinski definition) is 1. The Hall–Kier alpha value is -1.47. The maximum Gasteiger partial charge on any atom is 0.276 e. The molecule has 6 nitrogen and oxygen atoms in total. The second-order valence-corrected chi connectivity index (χ2v) is 6.38. The number of rotatable bonds is 4. The topological polar surface area (TPSA) is 67.6 Å². The van der Waals surface area contributed by atoms with E-state index in [-0.39, 0.29) is 36.7 Å². The summed E-state index contributed by atoms with van der Waals surface area (Å²) in [5, 5.41) is 7.91. The molecule has 0 spiro atoms. The fraction of sp³-hybridized carbons (Fsp3) is 0.375. The molecule has 1 fully saturated rings. The van der Waals surface area contributed by atoms with Gasteiger partial charge in [0.15, 0.2) is 17.2 Å². The maximum absolute atomic E-state index is 12.5. The van der Waals surface area contributed by atoms with Crippen molar-refractivity contribution in [3.05, 3.63) is 45.8 Å². The number of piperazine rings is 1. The number of nitrogens with one attached hydrogen (secondary N) is 1. The van der Waals surface area contributed by atoms with Gasteiger partial charge in [-0.25, -0.2) is 0 Å². The third kappa shape index (κ3) is 4.58. The van der Waals surface area contributed by atoms with Crippen molar-refractivity contribution in [2.24, 2.45) is 0 Å². The first kappa shape index (κ1) is 19.8. The lowest BCUT2D eigenvalue weighted by Gasteiger charge is -2.33. The van der Waals surface area contributed by atoms with E-state index in [1.165, 1.54) is 0 Å². The zero-order valence-electron chi connectivity index (χ0n) is 13.5. The van der Waals surface area contributed by atoms with Crippen LogP contribution in [0.1, 0.15) is 23.2 Å². The summed E-state index contributed by atoms with van der Waals surface area (Å²) in [5.74, 6) is 0.660. The van der Waals surface area contributed by atoms with E-state index < -0.39 is 0 Å². The van der Waals surface area contributed by atoms with Gasteiger partial charge < -0.3 is 19.5 Å². The predicted octanol–water partition coefficient (Wildman–Crippen LogP) is 3.42. The number of carbonyl (C=O) groups is 1. The average Bonchev–Trinajstić information content (AvgIpc) is 3.03. The van der Waals surface area contributed by atoms with E-state index >= 15 is 0 Å². The van der Waals surface area contributed by atoms with Crippen molar-refractivity contribution < 1.29 is 14.1 Å². The lowest BCUT2D eigenvalue weighted by Crippen LogP contribution is -2.52. The van der Waals surface area contributed by atoms with E-state index in [4.69, 9.17) is 32.5 Å². The Balaban J connectivity index is 0.00000225. The molecule has 0 radical (unpaired) electrons. The highest BCUT2D eigenvalue weighted by molar-refractivity contribution is 6.37. The van der Waals surface area contributed by atoms with Crippen LogP contribution in [0.5, 0.6) is 5.75 Å². The fourth-order valence-corrected chi connectivity index (χ4v) is 3.04. The number of ether oxygens (including phenoxy) is 1. The number of nitrogens with zero attached hydrogens (tertiary/aromatic N) is 2. The second-order valence-electron chi connectivity index (χ2n) is 5.57. The minimum atomic E-state index is -0.144. The van der Waals surface area contributed by atoms with Gasteiger partial charge in [0.05, 0.1) is 10.0 Å². The molecule has 1 amide bonds. The molecular weight excluding hydrogens is 389 g/mol. The number of amides is 1. The molecule has 1 aliphatic rings. The molecule has 136 valence electrons. The van der Waals surface area contributed by atoms with Crippen molar-refractivity contribution in [2.45, 2.75) is 19.6 Å². The normalized spacial score (nSPS) is 17.1. The standard InChI is InChI=1S/C16H17Cl2N3O3.ClH/c1-10-8-19-5-6-21(10)16(22)14-7-11(24-20-14)9-23-15-12(17)3-2-4-13(15)18;/h2-4,7,10,19H,5-6,8-9H2,1H3;1H/t10-;/m1./s1. The van der Waals surface area contributed by atoms with Crippen LogP contribution in [-0.2, 0) is 6.61 Å². The summed E-state index contributed by atoms with van der Waals surface area (Å²) in [5.41, 5.74) is 0.271. The maximum atomic E-state index is 12.5. The first-order valence-electron chi connectivity index (χ1n) is 7.60. The van der Waals surface area contributed by atoms with Crippen LogP contribution in [-0.4, -0.2) is 41.6 Å². The van der Waals surface area contributed by atoms with Crippen molar-refractivity contribution in [1.82, 2.24) is 15.4 Å². The molecule has 2 heterocycles. The van der Waals surface area contributed by atoms with Gasteiger partial charge in [-0.2, -0.15) is 0 Å². The van der Waals surface area contributed by atoms with Crippen LogP contribution in [0.4, 0.5) is 0 Å². The van der Waals surface area contributed by atoms with Crippen LogP contribution in [0.15, 0.2) is 28.8 Å². The van der Waals surface area contributed by atoms with E-state index in [9.17, 15) is 4.79 Å². The summed E-state index contributed by atoms with van der Waals surface area (Å²) in [4.78, 5) is 14.3. The van der Waals surface area contributed by atoms with Crippen molar-refractivity contribution >= 4 is 41.5 Å². The van der Waals surface area contributed by atoms with Gasteiger partial charge in [0.1, 0.15) is 6.61 Å². The zero-order chi connectivity index (χ0) is 17.1. The van der Waals surface area contributed by atoms with E-state index in [2.05, 4.69) is 10.5 Å². The largest absolute Gasteiger partial charge is 0.482 e. The average molecular weight is 407 g/mol. The molecule has 1 aliphatic heterocycles. The molecule has 1 saturated heterocycles. The molecule has 1 atom stereocenters. The molecule has 9 heteroatoms. The molecule has 0 aliphatic carbocycles. The van der Waals surface area contributed by atoms with Gasteiger partial charge in [-0.1, -0.05) is 34.4 Å². The highest BCUT2D eigenvalue weighted by Gasteiger charge is 2.26. The molecule has 0 saturated carbocycles. The molecule has 3 rings (SSSR count). The SMILES string of the molecule is C[C@@H]1CNCCN1C(=O)c1cc(COc2c(Cl)cccc2Cl)on1.Cl. The number of benzene rings is 1. The van der Waals surface area contributed by atoms with Crippen LogP contribution in [0.3, 0.4) is 0 Å². The molecule has 25 heavy (non-hydrogen) atoms. The Kier molecular flexibility index (Phi) is 6.95. The first-order valence-corrected chi connectivity index (χ1v) is 8.36. The third-order valence-electron chi connectivity index (χ3n) is 3.82. The molecule has 0 unspecified atom stereocenters. The van der Waals surface area contributed by atoms with Gasteiger partial charge in [-0.15, -0.1) is 12.4 Å². The van der Waals surface area contributed by atoms with Gasteiger partial charge in [-0.3, -0.25) is 4.79 Å². The predicted molar refractivity (Wildman–Crippen MR) is 97.9 cm³/mol. The zero-order valence-corrected chi connectivity index (χ0v) is 15.8. The van der Waals surface area contributed by atoms with Gasteiger partial charge in [0.25, 0.3) is 5.91 Å². The van der Waals surface area contributed by atoms with Crippen molar-refractivity contribution in [3.63, 3.8) is 0 Å². The van der Waals surface area contributed by atoms with E-state index in [1.54, 1.807) is 29.2 Å². The highest BCUT2D eigenvalue weighted by Crippen LogP contribution is 2.32. The van der Waals surface area contributed by atoms with Crippen molar-refractivity contribution in [3.8, 4) is 5.75 Å². The lowest BCUT2D eigenvalue weighted by atomic mass is 10.2. The smallest absolute Gasteiger partial charge is 0.276 e. The van der Waals surface area contributed by atoms with Crippen LogP contribution < -0.4 is 10.1 Å². The Bertz CT molecular complexity index is 718. The van der Waals surface area contributed by atoms with Gasteiger partial charge in [0.2, 0.25) is 0 Å². The van der Waals surface area contributed by atoms with E-state index in [0.717, 1.165) is 13.1 Å². The minimum Gasteiger partial charge on any atom is -0.482 e. The van der Waals surface area contributed by atoms with Crippen molar-refractivity contribution in [1.29, 1.82) is 0 Å². The number of aromatic nitrogens is 1. The van der Waals surface area contributed by atoms with Gasteiger partial charge in [0, 0.05) is 31.7 Å². The Labute approximate surface area is 161 Å².